The van der Waals surface area contributed by atoms with Gasteiger partial charge in [-0.3, -0.25) is 0 Å². The average molecular weight is 370 g/mol. The van der Waals surface area contributed by atoms with E-state index in [0.29, 0.717) is 0 Å². The van der Waals surface area contributed by atoms with Crippen molar-refractivity contribution < 1.29 is 41.0 Å². The number of carbonyl (C=O) groups excluding carboxylic acids is 2. The van der Waals surface area contributed by atoms with Gasteiger partial charge < -0.3 is 14.4 Å². The van der Waals surface area contributed by atoms with E-state index in [1.165, 1.54) is 21.0 Å². The lowest BCUT2D eigenvalue weighted by Gasteiger charge is -2.24. The molecular formula is C14H15F5N2O4. The van der Waals surface area contributed by atoms with E-state index in [-0.39, 0.29) is 6.61 Å². The Morgan fingerprint density at radius 2 is 1.72 bits per heavy atom. The molecule has 0 saturated heterocycles. The van der Waals surface area contributed by atoms with E-state index in [1.807, 2.05) is 0 Å². The third-order valence-corrected chi connectivity index (χ3v) is 2.99. The zero-order valence-electron chi connectivity index (χ0n) is 13.7. The Kier molecular flexibility index (Phi) is 6.27. The van der Waals surface area contributed by atoms with Crippen LogP contribution in [0.4, 0.5) is 27.6 Å². The van der Waals surface area contributed by atoms with Gasteiger partial charge in [-0.1, -0.05) is 0 Å². The van der Waals surface area contributed by atoms with Gasteiger partial charge in [0.2, 0.25) is 0 Å². The molecule has 0 N–H and O–H groups in total. The van der Waals surface area contributed by atoms with Crippen LogP contribution < -0.4 is 4.90 Å². The third-order valence-electron chi connectivity index (χ3n) is 2.99. The van der Waals surface area contributed by atoms with Gasteiger partial charge in [-0.15, -0.1) is 0 Å². The Morgan fingerprint density at radius 1 is 1.16 bits per heavy atom. The van der Waals surface area contributed by atoms with Gasteiger partial charge in [0, 0.05) is 14.1 Å². The summed E-state index contributed by atoms with van der Waals surface area (Å²) in [5.74, 6) is -2.80. The molecule has 0 amide bonds. The minimum Gasteiger partial charge on any atom is -0.465 e. The molecule has 1 aromatic heterocycles. The average Bonchev–Trinajstić information content (AvgIpc) is 2.50. The quantitative estimate of drug-likeness (QED) is 0.586. The second-order valence-corrected chi connectivity index (χ2v) is 4.85. The SMILES string of the molecule is CCOC(=O)c1c(C(F)(F)F)nc(C(F)F)c(C(=O)OC)c1N(C)C. The van der Waals surface area contributed by atoms with Gasteiger partial charge in [0.15, 0.2) is 5.69 Å². The monoisotopic (exact) mass is 370 g/mol. The summed E-state index contributed by atoms with van der Waals surface area (Å²) in [5, 5.41) is 0. The number of halogens is 5. The number of alkyl halides is 5. The normalized spacial score (nSPS) is 11.4. The number of methoxy groups -OCH3 is 1. The van der Waals surface area contributed by atoms with Crippen molar-refractivity contribution in [2.45, 2.75) is 19.5 Å². The predicted molar refractivity (Wildman–Crippen MR) is 75.8 cm³/mol. The van der Waals surface area contributed by atoms with E-state index in [4.69, 9.17) is 0 Å². The highest BCUT2D eigenvalue weighted by atomic mass is 19.4. The lowest BCUT2D eigenvalue weighted by atomic mass is 10.0. The maximum atomic E-state index is 13.3. The smallest absolute Gasteiger partial charge is 0.434 e. The van der Waals surface area contributed by atoms with Gasteiger partial charge in [-0.05, 0) is 6.92 Å². The Labute approximate surface area is 139 Å². The van der Waals surface area contributed by atoms with Gasteiger partial charge >= 0.3 is 18.1 Å². The molecule has 0 aliphatic heterocycles. The van der Waals surface area contributed by atoms with Crippen LogP contribution >= 0.6 is 0 Å². The number of nitrogens with zero attached hydrogens (tertiary/aromatic N) is 2. The molecule has 0 aliphatic rings. The molecule has 6 nitrogen and oxygen atoms in total. The highest BCUT2D eigenvalue weighted by Gasteiger charge is 2.43. The number of aromatic nitrogens is 1. The van der Waals surface area contributed by atoms with Crippen LogP contribution in [-0.4, -0.2) is 44.7 Å². The van der Waals surface area contributed by atoms with Crippen LogP contribution in [0, 0.1) is 0 Å². The van der Waals surface area contributed by atoms with Crippen molar-refractivity contribution in [2.24, 2.45) is 0 Å². The predicted octanol–water partition coefficient (Wildman–Crippen LogP) is 3.07. The van der Waals surface area contributed by atoms with Crippen molar-refractivity contribution in [2.75, 3.05) is 32.7 Å². The number of carbonyl (C=O) groups is 2. The summed E-state index contributed by atoms with van der Waals surface area (Å²) in [6.45, 7) is 1.08. The Hall–Kier alpha value is -2.46. The zero-order valence-corrected chi connectivity index (χ0v) is 13.7. The van der Waals surface area contributed by atoms with Gasteiger partial charge in [0.25, 0.3) is 6.43 Å². The Balaban J connectivity index is 4.06. The molecule has 11 heteroatoms. The summed E-state index contributed by atoms with van der Waals surface area (Å²) in [7, 11) is 3.22. The van der Waals surface area contributed by atoms with Crippen molar-refractivity contribution in [3.8, 4) is 0 Å². The van der Waals surface area contributed by atoms with Crippen LogP contribution in [-0.2, 0) is 15.7 Å². The Morgan fingerprint density at radius 3 is 2.08 bits per heavy atom. The fourth-order valence-corrected chi connectivity index (χ4v) is 2.10. The minimum absolute atomic E-state index is 0.271. The van der Waals surface area contributed by atoms with Crippen LogP contribution in [0.1, 0.15) is 45.5 Å². The van der Waals surface area contributed by atoms with Crippen molar-refractivity contribution in [3.05, 3.63) is 22.5 Å². The van der Waals surface area contributed by atoms with Crippen molar-refractivity contribution in [3.63, 3.8) is 0 Å². The number of esters is 2. The van der Waals surface area contributed by atoms with E-state index < -0.39 is 52.7 Å². The molecule has 140 valence electrons. The highest BCUT2D eigenvalue weighted by Crippen LogP contribution is 2.40. The minimum atomic E-state index is -5.23. The topological polar surface area (TPSA) is 68.7 Å². The van der Waals surface area contributed by atoms with Crippen molar-refractivity contribution in [1.82, 2.24) is 4.98 Å². The number of hydrogen-bond acceptors (Lipinski definition) is 6. The first-order valence-corrected chi connectivity index (χ1v) is 6.83. The van der Waals surface area contributed by atoms with Crippen LogP contribution in [0.3, 0.4) is 0 Å². The lowest BCUT2D eigenvalue weighted by Crippen LogP contribution is -2.27. The Bertz CT molecular complexity index is 674. The molecule has 0 aromatic carbocycles. The molecule has 1 aromatic rings. The summed E-state index contributed by atoms with van der Waals surface area (Å²) in [6.07, 6.45) is -8.74. The molecule has 0 bridgehead atoms. The van der Waals surface area contributed by atoms with E-state index in [9.17, 15) is 31.5 Å². The van der Waals surface area contributed by atoms with Gasteiger partial charge in [0.05, 0.1) is 19.4 Å². The van der Waals surface area contributed by atoms with Gasteiger partial charge in [-0.2, -0.15) is 13.2 Å². The second kappa shape index (κ2) is 7.62. The fraction of sp³-hybridized carbons (Fsp3) is 0.500. The van der Waals surface area contributed by atoms with Crippen LogP contribution in [0.5, 0.6) is 0 Å². The fourth-order valence-electron chi connectivity index (χ4n) is 2.10. The lowest BCUT2D eigenvalue weighted by molar-refractivity contribution is -0.142. The first-order chi connectivity index (χ1) is 11.5. The molecule has 1 heterocycles. The maximum absolute atomic E-state index is 13.3. The highest BCUT2D eigenvalue weighted by molar-refractivity contribution is 6.06. The van der Waals surface area contributed by atoms with Crippen LogP contribution in [0.15, 0.2) is 0 Å². The van der Waals surface area contributed by atoms with Gasteiger partial charge in [0.1, 0.15) is 16.8 Å². The molecule has 25 heavy (non-hydrogen) atoms. The van der Waals surface area contributed by atoms with Crippen LogP contribution in [0.25, 0.3) is 0 Å². The molecular weight excluding hydrogens is 355 g/mol. The number of pyridine rings is 1. The molecule has 0 saturated carbocycles. The summed E-state index contributed by atoms with van der Waals surface area (Å²) in [5.41, 5.74) is -6.07. The first-order valence-electron chi connectivity index (χ1n) is 6.83. The molecule has 0 fully saturated rings. The van der Waals surface area contributed by atoms with E-state index >= 15 is 0 Å². The number of anilines is 1. The third kappa shape index (κ3) is 4.15. The molecule has 0 radical (unpaired) electrons. The summed E-state index contributed by atoms with van der Waals surface area (Å²) in [4.78, 5) is 27.7. The molecule has 1 rings (SSSR count). The first kappa shape index (κ1) is 20.6. The number of hydrogen-bond donors (Lipinski definition) is 0. The molecule has 0 unspecified atom stereocenters. The van der Waals surface area contributed by atoms with Crippen molar-refractivity contribution in [1.29, 1.82) is 0 Å². The van der Waals surface area contributed by atoms with Gasteiger partial charge in [-0.25, -0.2) is 23.4 Å². The number of rotatable bonds is 5. The van der Waals surface area contributed by atoms with Crippen LogP contribution in [0.2, 0.25) is 0 Å². The van der Waals surface area contributed by atoms with Crippen molar-refractivity contribution >= 4 is 17.6 Å². The maximum Gasteiger partial charge on any atom is 0.434 e. The molecule has 0 atom stereocenters. The summed E-state index contributed by atoms with van der Waals surface area (Å²) in [6, 6.07) is 0. The van der Waals surface area contributed by atoms with E-state index in [0.717, 1.165) is 12.0 Å². The van der Waals surface area contributed by atoms with E-state index in [1.54, 1.807) is 0 Å². The standard InChI is InChI=1S/C14H15F5N2O4/c1-5-25-13(23)7-9(21(2)3)6(12(22)24-4)8(11(15)16)20-10(7)14(17,18)19/h11H,5H2,1-4H3. The number of ether oxygens (including phenoxy) is 2. The summed E-state index contributed by atoms with van der Waals surface area (Å²) >= 11 is 0. The zero-order chi connectivity index (χ0) is 19.5. The molecule has 0 spiro atoms. The molecule has 0 aliphatic carbocycles. The summed E-state index contributed by atoms with van der Waals surface area (Å²) < 4.78 is 75.3. The second-order valence-electron chi connectivity index (χ2n) is 4.85. The van der Waals surface area contributed by atoms with E-state index in [2.05, 4.69) is 14.5 Å². The largest absolute Gasteiger partial charge is 0.465 e.